The summed E-state index contributed by atoms with van der Waals surface area (Å²) in [7, 11) is 0. The van der Waals surface area contributed by atoms with E-state index in [-0.39, 0.29) is 11.8 Å². The van der Waals surface area contributed by atoms with Gasteiger partial charge in [0.2, 0.25) is 0 Å². The number of carbonyl (C=O) groups excluding carboxylic acids is 1. The number of hydrogen-bond donors (Lipinski definition) is 2. The lowest BCUT2D eigenvalue weighted by Gasteiger charge is -2.28. The Bertz CT molecular complexity index is 1420. The molecule has 1 atom stereocenters. The van der Waals surface area contributed by atoms with Crippen molar-refractivity contribution in [1.82, 2.24) is 24.5 Å². The highest BCUT2D eigenvalue weighted by Crippen LogP contribution is 2.27. The fourth-order valence-corrected chi connectivity index (χ4v) is 4.05. The van der Waals surface area contributed by atoms with Gasteiger partial charge in [-0.25, -0.2) is 24.1 Å². The van der Waals surface area contributed by atoms with Gasteiger partial charge in [0.25, 0.3) is 5.91 Å². The van der Waals surface area contributed by atoms with Crippen LogP contribution in [0.4, 0.5) is 32.0 Å². The van der Waals surface area contributed by atoms with Gasteiger partial charge >= 0.3 is 24.3 Å². The smallest absolute Gasteiger partial charge is 0.475 e. The van der Waals surface area contributed by atoms with E-state index in [2.05, 4.69) is 16.0 Å². The van der Waals surface area contributed by atoms with Crippen molar-refractivity contribution in [2.75, 3.05) is 44.3 Å². The van der Waals surface area contributed by atoms with Crippen LogP contribution in [0.5, 0.6) is 0 Å². The first-order chi connectivity index (χ1) is 20.1. The molecule has 5 rings (SSSR count). The average molecular weight is 621 g/mol. The molecule has 0 spiro atoms. The molecule has 0 bridgehead atoms. The first-order valence-electron chi connectivity index (χ1n) is 12.6. The summed E-state index contributed by atoms with van der Waals surface area (Å²) < 4.78 is 70.8. The molecular weight excluding hydrogens is 594 g/mol. The topological polar surface area (TPSA) is 150 Å². The van der Waals surface area contributed by atoms with Crippen LogP contribution in [0, 0.1) is 6.92 Å². The Morgan fingerprint density at radius 3 is 2.07 bits per heavy atom. The van der Waals surface area contributed by atoms with Crippen LogP contribution in [-0.4, -0.2) is 104 Å². The van der Waals surface area contributed by atoms with Crippen LogP contribution in [-0.2, 0) is 14.3 Å². The molecule has 2 aliphatic rings. The number of aromatic nitrogens is 4. The Labute approximate surface area is 239 Å². The van der Waals surface area contributed by atoms with E-state index < -0.39 is 24.3 Å². The van der Waals surface area contributed by atoms with Crippen LogP contribution in [0.2, 0.25) is 0 Å². The SMILES string of the molecule is Cc1cccc(C(=O)N2CCC(c3nc4ccc(N5CCOCC5)cn4n3)C2)n1.O=C(O)C(F)(F)F.O=C(O)C(F)(F)F. The van der Waals surface area contributed by atoms with Crippen LogP contribution >= 0.6 is 0 Å². The van der Waals surface area contributed by atoms with Crippen molar-refractivity contribution in [3.05, 3.63) is 53.7 Å². The number of ether oxygens (including phenoxy) is 1. The molecule has 1 amide bonds. The van der Waals surface area contributed by atoms with Crippen LogP contribution in [0.3, 0.4) is 0 Å². The largest absolute Gasteiger partial charge is 0.490 e. The lowest BCUT2D eigenvalue weighted by atomic mass is 10.1. The molecule has 3 aromatic heterocycles. The zero-order valence-electron chi connectivity index (χ0n) is 22.5. The molecule has 12 nitrogen and oxygen atoms in total. The molecule has 18 heteroatoms. The van der Waals surface area contributed by atoms with Gasteiger partial charge in [-0.3, -0.25) is 4.79 Å². The minimum atomic E-state index is -5.08. The number of amides is 1. The molecule has 0 aromatic carbocycles. The highest BCUT2D eigenvalue weighted by molar-refractivity contribution is 5.92. The van der Waals surface area contributed by atoms with Crippen molar-refractivity contribution >= 4 is 29.2 Å². The van der Waals surface area contributed by atoms with Crippen molar-refractivity contribution in [3.8, 4) is 0 Å². The molecule has 234 valence electrons. The van der Waals surface area contributed by atoms with E-state index in [1.165, 1.54) is 0 Å². The van der Waals surface area contributed by atoms with E-state index in [1.54, 1.807) is 6.07 Å². The number of carbonyl (C=O) groups is 3. The lowest BCUT2D eigenvalue weighted by Crippen LogP contribution is -2.36. The number of rotatable bonds is 3. The Balaban J connectivity index is 0.000000303. The number of carboxylic acids is 2. The number of fused-ring (bicyclic) bond motifs is 1. The number of alkyl halides is 6. The summed E-state index contributed by atoms with van der Waals surface area (Å²) in [5.74, 6) is -4.58. The molecule has 5 heterocycles. The molecule has 1 unspecified atom stereocenters. The van der Waals surface area contributed by atoms with Gasteiger partial charge in [0, 0.05) is 37.8 Å². The number of aryl methyl sites for hydroxylation is 1. The van der Waals surface area contributed by atoms with E-state index in [9.17, 15) is 31.1 Å². The molecule has 0 aliphatic carbocycles. The van der Waals surface area contributed by atoms with Crippen molar-refractivity contribution in [2.24, 2.45) is 0 Å². The van der Waals surface area contributed by atoms with Crippen molar-refractivity contribution < 1.29 is 55.7 Å². The van der Waals surface area contributed by atoms with Crippen molar-refractivity contribution in [3.63, 3.8) is 0 Å². The summed E-state index contributed by atoms with van der Waals surface area (Å²) in [5, 5.41) is 19.0. The Morgan fingerprint density at radius 2 is 1.51 bits per heavy atom. The summed E-state index contributed by atoms with van der Waals surface area (Å²) in [5.41, 5.74) is 3.32. The fraction of sp³-hybridized carbons (Fsp3) is 0.440. The van der Waals surface area contributed by atoms with E-state index in [0.717, 1.165) is 55.6 Å². The molecule has 0 radical (unpaired) electrons. The Morgan fingerprint density at radius 1 is 0.907 bits per heavy atom. The molecule has 2 aliphatic heterocycles. The Kier molecular flexibility index (Phi) is 10.5. The Hall–Kier alpha value is -4.48. The third kappa shape index (κ3) is 9.25. The van der Waals surface area contributed by atoms with Gasteiger partial charge in [0.1, 0.15) is 5.69 Å². The first kappa shape index (κ1) is 33.0. The number of hydrogen-bond acceptors (Lipinski definition) is 8. The maximum absolute atomic E-state index is 12.8. The third-order valence-electron chi connectivity index (χ3n) is 6.14. The number of nitrogens with zero attached hydrogens (tertiary/aromatic N) is 6. The zero-order chi connectivity index (χ0) is 31.9. The molecule has 2 fully saturated rings. The van der Waals surface area contributed by atoms with Crippen molar-refractivity contribution in [2.45, 2.75) is 31.6 Å². The van der Waals surface area contributed by atoms with Crippen LogP contribution in [0.1, 0.15) is 34.3 Å². The third-order valence-corrected chi connectivity index (χ3v) is 6.14. The first-order valence-corrected chi connectivity index (χ1v) is 12.6. The minimum absolute atomic E-state index is 0.0189. The van der Waals surface area contributed by atoms with Gasteiger partial charge in [0.15, 0.2) is 11.5 Å². The number of morpholine rings is 1. The van der Waals surface area contributed by atoms with Gasteiger partial charge in [-0.2, -0.15) is 31.4 Å². The number of aliphatic carboxylic acids is 2. The summed E-state index contributed by atoms with van der Waals surface area (Å²) in [6.45, 7) is 6.51. The molecule has 0 saturated carbocycles. The predicted molar refractivity (Wildman–Crippen MR) is 136 cm³/mol. The molecule has 3 aromatic rings. The second-order valence-electron chi connectivity index (χ2n) is 9.27. The highest BCUT2D eigenvalue weighted by Gasteiger charge is 2.39. The molecule has 2 saturated heterocycles. The summed E-state index contributed by atoms with van der Waals surface area (Å²) in [6.07, 6.45) is -7.27. The fourth-order valence-electron chi connectivity index (χ4n) is 4.05. The maximum atomic E-state index is 12.8. The molecule has 2 N–H and O–H groups in total. The number of pyridine rings is 2. The number of carboxylic acid groups (broad SMARTS) is 2. The van der Waals surface area contributed by atoms with Crippen LogP contribution < -0.4 is 4.90 Å². The molecule has 43 heavy (non-hydrogen) atoms. The van der Waals surface area contributed by atoms with Gasteiger partial charge in [-0.1, -0.05) is 6.07 Å². The van der Waals surface area contributed by atoms with E-state index >= 15 is 0 Å². The van der Waals surface area contributed by atoms with Crippen LogP contribution in [0.15, 0.2) is 36.5 Å². The normalized spacial score (nSPS) is 17.0. The van der Waals surface area contributed by atoms with Crippen molar-refractivity contribution in [1.29, 1.82) is 0 Å². The monoisotopic (exact) mass is 620 g/mol. The number of likely N-dealkylation sites (tertiary alicyclic amines) is 1. The predicted octanol–water partition coefficient (Wildman–Crippen LogP) is 3.17. The molecular formula is C25H26F6N6O6. The number of anilines is 1. The van der Waals surface area contributed by atoms with Crippen LogP contribution in [0.25, 0.3) is 5.65 Å². The second-order valence-corrected chi connectivity index (χ2v) is 9.27. The summed E-state index contributed by atoms with van der Waals surface area (Å²) in [4.78, 5) is 43.8. The van der Waals surface area contributed by atoms with E-state index in [0.29, 0.717) is 18.8 Å². The highest BCUT2D eigenvalue weighted by atomic mass is 19.4. The van der Waals surface area contributed by atoms with Gasteiger partial charge in [-0.15, -0.1) is 0 Å². The summed E-state index contributed by atoms with van der Waals surface area (Å²) >= 11 is 0. The van der Waals surface area contributed by atoms with E-state index in [4.69, 9.17) is 34.6 Å². The standard InChI is InChI=1S/C21H24N6O2.2C2HF3O2/c1-15-3-2-4-18(22-15)21(28)26-8-7-16(13-26)20-23-19-6-5-17(14-27(19)24-20)25-9-11-29-12-10-25;2*3-2(4,5)1(6)7/h2-6,14,16H,7-13H2,1H3;2*(H,6,7). The zero-order valence-corrected chi connectivity index (χ0v) is 22.5. The van der Waals surface area contributed by atoms with Gasteiger partial charge in [-0.05, 0) is 37.6 Å². The lowest BCUT2D eigenvalue weighted by molar-refractivity contribution is -0.193. The minimum Gasteiger partial charge on any atom is -0.475 e. The van der Waals surface area contributed by atoms with E-state index in [1.807, 2.05) is 40.7 Å². The summed E-state index contributed by atoms with van der Waals surface area (Å²) in [6, 6.07) is 9.65. The second kappa shape index (κ2) is 13.7. The van der Waals surface area contributed by atoms with Gasteiger partial charge < -0.3 is 24.7 Å². The maximum Gasteiger partial charge on any atom is 0.490 e. The average Bonchev–Trinajstić information content (AvgIpc) is 3.60. The number of halogens is 6. The van der Waals surface area contributed by atoms with Gasteiger partial charge in [0.05, 0.1) is 25.1 Å². The quantitative estimate of drug-likeness (QED) is 0.418.